The summed E-state index contributed by atoms with van der Waals surface area (Å²) in [6.07, 6.45) is 5.38. The number of carbonyl (C=O) groups is 1. The standard InChI is InChI=1S/C18H24N4O3/c1-18(2,3)16(10-22-7-6-19-11-22)21-17(23)20-9-13-4-5-14-15(8-13)25-12-24-14/h4-8,11,16H,9-10,12H2,1-3H3,(H2,20,21,23). The molecule has 134 valence electrons. The number of rotatable bonds is 5. The van der Waals surface area contributed by atoms with Gasteiger partial charge in [-0.3, -0.25) is 0 Å². The van der Waals surface area contributed by atoms with E-state index in [1.807, 2.05) is 29.0 Å². The molecule has 3 rings (SSSR count). The summed E-state index contributed by atoms with van der Waals surface area (Å²) in [4.78, 5) is 16.4. The van der Waals surface area contributed by atoms with E-state index in [2.05, 4.69) is 36.4 Å². The first-order chi connectivity index (χ1) is 11.9. The van der Waals surface area contributed by atoms with Gasteiger partial charge in [-0.05, 0) is 23.1 Å². The quantitative estimate of drug-likeness (QED) is 0.874. The van der Waals surface area contributed by atoms with Gasteiger partial charge in [0.1, 0.15) is 0 Å². The van der Waals surface area contributed by atoms with Gasteiger partial charge in [-0.25, -0.2) is 9.78 Å². The minimum absolute atomic E-state index is 0.0292. The molecular formula is C18H24N4O3. The van der Waals surface area contributed by atoms with Gasteiger partial charge >= 0.3 is 6.03 Å². The van der Waals surface area contributed by atoms with Crippen LogP contribution in [0.5, 0.6) is 11.5 Å². The van der Waals surface area contributed by atoms with Crippen molar-refractivity contribution in [3.63, 3.8) is 0 Å². The van der Waals surface area contributed by atoms with Crippen molar-refractivity contribution in [3.8, 4) is 11.5 Å². The first-order valence-corrected chi connectivity index (χ1v) is 8.30. The number of urea groups is 1. The van der Waals surface area contributed by atoms with E-state index in [9.17, 15) is 4.79 Å². The van der Waals surface area contributed by atoms with Crippen molar-refractivity contribution in [3.05, 3.63) is 42.5 Å². The van der Waals surface area contributed by atoms with E-state index in [4.69, 9.17) is 9.47 Å². The molecule has 7 heteroatoms. The number of hydrogen-bond donors (Lipinski definition) is 2. The molecule has 0 bridgehead atoms. The Morgan fingerprint density at radius 1 is 1.32 bits per heavy atom. The molecule has 0 aliphatic carbocycles. The van der Waals surface area contributed by atoms with Gasteiger partial charge in [-0.1, -0.05) is 26.8 Å². The van der Waals surface area contributed by atoms with Crippen LogP contribution in [0.25, 0.3) is 0 Å². The third kappa shape index (κ3) is 4.43. The fraction of sp³-hybridized carbons (Fsp3) is 0.444. The van der Waals surface area contributed by atoms with Crippen LogP contribution in [-0.2, 0) is 13.1 Å². The lowest BCUT2D eigenvalue weighted by Crippen LogP contribution is -2.49. The highest BCUT2D eigenvalue weighted by Crippen LogP contribution is 2.32. The van der Waals surface area contributed by atoms with Crippen LogP contribution in [0.3, 0.4) is 0 Å². The van der Waals surface area contributed by atoms with E-state index < -0.39 is 0 Å². The average molecular weight is 344 g/mol. The molecule has 0 fully saturated rings. The molecule has 2 heterocycles. The fourth-order valence-corrected chi connectivity index (χ4v) is 2.58. The van der Waals surface area contributed by atoms with E-state index >= 15 is 0 Å². The van der Waals surface area contributed by atoms with Crippen LogP contribution >= 0.6 is 0 Å². The van der Waals surface area contributed by atoms with Crippen molar-refractivity contribution in [1.82, 2.24) is 20.2 Å². The summed E-state index contributed by atoms with van der Waals surface area (Å²) in [5.74, 6) is 1.45. The van der Waals surface area contributed by atoms with E-state index in [1.54, 1.807) is 12.5 Å². The molecule has 1 unspecified atom stereocenters. The van der Waals surface area contributed by atoms with Crippen molar-refractivity contribution in [1.29, 1.82) is 0 Å². The number of nitrogens with one attached hydrogen (secondary N) is 2. The van der Waals surface area contributed by atoms with Gasteiger partial charge in [0.2, 0.25) is 6.79 Å². The zero-order valence-corrected chi connectivity index (χ0v) is 14.8. The van der Waals surface area contributed by atoms with Gasteiger partial charge in [0.05, 0.1) is 12.4 Å². The molecule has 1 aromatic heterocycles. The Labute approximate surface area is 147 Å². The molecule has 1 aliphatic heterocycles. The Morgan fingerprint density at radius 3 is 2.84 bits per heavy atom. The lowest BCUT2D eigenvalue weighted by atomic mass is 9.86. The van der Waals surface area contributed by atoms with Gasteiger partial charge < -0.3 is 24.7 Å². The maximum Gasteiger partial charge on any atom is 0.315 e. The van der Waals surface area contributed by atoms with Gasteiger partial charge in [0.25, 0.3) is 0 Å². The molecule has 1 atom stereocenters. The van der Waals surface area contributed by atoms with Crippen molar-refractivity contribution in [2.45, 2.75) is 39.9 Å². The minimum Gasteiger partial charge on any atom is -0.454 e. The molecule has 1 aromatic carbocycles. The predicted octanol–water partition coefficient (Wildman–Crippen LogP) is 2.53. The van der Waals surface area contributed by atoms with Crippen LogP contribution in [0.4, 0.5) is 4.79 Å². The molecule has 25 heavy (non-hydrogen) atoms. The number of benzene rings is 1. The normalized spacial score (nSPS) is 14.2. The average Bonchev–Trinajstić information content (AvgIpc) is 3.22. The second-order valence-electron chi connectivity index (χ2n) is 7.19. The van der Waals surface area contributed by atoms with Gasteiger partial charge in [-0.15, -0.1) is 0 Å². The monoisotopic (exact) mass is 344 g/mol. The van der Waals surface area contributed by atoms with Crippen molar-refractivity contribution in [2.75, 3.05) is 6.79 Å². The van der Waals surface area contributed by atoms with Crippen LogP contribution in [0.15, 0.2) is 36.9 Å². The van der Waals surface area contributed by atoms with Crippen molar-refractivity contribution < 1.29 is 14.3 Å². The number of ether oxygens (including phenoxy) is 2. The fourth-order valence-electron chi connectivity index (χ4n) is 2.58. The summed E-state index contributed by atoms with van der Waals surface area (Å²) in [6, 6.07) is 5.43. The third-order valence-corrected chi connectivity index (χ3v) is 4.19. The largest absolute Gasteiger partial charge is 0.454 e. The Bertz CT molecular complexity index is 722. The molecule has 0 spiro atoms. The highest BCUT2D eigenvalue weighted by Gasteiger charge is 2.26. The SMILES string of the molecule is CC(C)(C)C(Cn1ccnc1)NC(=O)NCc1ccc2c(c1)OCO2. The molecule has 2 aromatic rings. The van der Waals surface area contributed by atoms with Crippen LogP contribution in [0.2, 0.25) is 0 Å². The van der Waals surface area contributed by atoms with E-state index in [0.717, 1.165) is 11.3 Å². The molecule has 1 aliphatic rings. The molecule has 2 N–H and O–H groups in total. The number of hydrogen-bond acceptors (Lipinski definition) is 4. The zero-order chi connectivity index (χ0) is 17.9. The molecule has 0 saturated heterocycles. The van der Waals surface area contributed by atoms with E-state index in [1.165, 1.54) is 0 Å². The lowest BCUT2D eigenvalue weighted by molar-refractivity contribution is 0.174. The first-order valence-electron chi connectivity index (χ1n) is 8.30. The maximum absolute atomic E-state index is 12.3. The van der Waals surface area contributed by atoms with E-state index in [-0.39, 0.29) is 24.3 Å². The predicted molar refractivity (Wildman–Crippen MR) is 93.4 cm³/mol. The zero-order valence-electron chi connectivity index (χ0n) is 14.8. The van der Waals surface area contributed by atoms with Gasteiger partial charge in [0.15, 0.2) is 11.5 Å². The van der Waals surface area contributed by atoms with E-state index in [0.29, 0.717) is 18.8 Å². The Kier molecular flexibility index (Phi) is 4.83. The highest BCUT2D eigenvalue weighted by molar-refractivity contribution is 5.74. The van der Waals surface area contributed by atoms with Crippen LogP contribution < -0.4 is 20.1 Å². The van der Waals surface area contributed by atoms with Crippen molar-refractivity contribution in [2.24, 2.45) is 5.41 Å². The lowest BCUT2D eigenvalue weighted by Gasteiger charge is -2.31. The summed E-state index contributed by atoms with van der Waals surface area (Å²) in [7, 11) is 0. The van der Waals surface area contributed by atoms with Gasteiger partial charge in [0, 0.05) is 25.5 Å². The number of carbonyl (C=O) groups excluding carboxylic acids is 1. The van der Waals surface area contributed by atoms with Crippen LogP contribution in [-0.4, -0.2) is 28.4 Å². The number of amides is 2. The van der Waals surface area contributed by atoms with Crippen molar-refractivity contribution >= 4 is 6.03 Å². The van der Waals surface area contributed by atoms with Crippen LogP contribution in [0, 0.1) is 5.41 Å². The Balaban J connectivity index is 1.56. The third-order valence-electron chi connectivity index (χ3n) is 4.19. The molecular weight excluding hydrogens is 320 g/mol. The molecule has 7 nitrogen and oxygen atoms in total. The van der Waals surface area contributed by atoms with Crippen LogP contribution in [0.1, 0.15) is 26.3 Å². The first kappa shape index (κ1) is 17.1. The summed E-state index contributed by atoms with van der Waals surface area (Å²) in [5.41, 5.74) is 0.877. The highest BCUT2D eigenvalue weighted by atomic mass is 16.7. The Hall–Kier alpha value is -2.70. The number of nitrogens with zero attached hydrogens (tertiary/aromatic N) is 2. The smallest absolute Gasteiger partial charge is 0.315 e. The molecule has 2 amide bonds. The summed E-state index contributed by atoms with van der Waals surface area (Å²) >= 11 is 0. The summed E-state index contributed by atoms with van der Waals surface area (Å²) in [5, 5.41) is 5.96. The second-order valence-corrected chi connectivity index (χ2v) is 7.19. The summed E-state index contributed by atoms with van der Waals surface area (Å²) < 4.78 is 12.6. The Morgan fingerprint density at radius 2 is 2.12 bits per heavy atom. The van der Waals surface area contributed by atoms with Gasteiger partial charge in [-0.2, -0.15) is 0 Å². The molecule has 0 radical (unpaired) electrons. The summed E-state index contributed by atoms with van der Waals surface area (Å²) in [6.45, 7) is 7.64. The minimum atomic E-state index is -0.197. The second kappa shape index (κ2) is 7.04. The number of aromatic nitrogens is 2. The number of imidazole rings is 1. The molecule has 0 saturated carbocycles. The maximum atomic E-state index is 12.3. The topological polar surface area (TPSA) is 77.4 Å². The number of fused-ring (bicyclic) bond motifs is 1.